The summed E-state index contributed by atoms with van der Waals surface area (Å²) in [5.74, 6) is 3.00. The molecule has 0 amide bonds. The number of methoxy groups -OCH3 is 1. The van der Waals surface area contributed by atoms with E-state index in [1.807, 2.05) is 12.1 Å². The molecule has 112 valence electrons. The van der Waals surface area contributed by atoms with Crippen LogP contribution < -0.4 is 15.2 Å². The molecule has 0 heterocycles. The predicted octanol–water partition coefficient (Wildman–Crippen LogP) is 4.12. The van der Waals surface area contributed by atoms with Crippen LogP contribution in [0.1, 0.15) is 38.7 Å². The smallest absolute Gasteiger partial charge is 0.175 e. The monoisotopic (exact) mass is 341 g/mol. The Labute approximate surface area is 130 Å². The summed E-state index contributed by atoms with van der Waals surface area (Å²) in [6, 6.07) is 3.96. The summed E-state index contributed by atoms with van der Waals surface area (Å²) in [7, 11) is 1.67. The number of hydrogen-bond donors (Lipinski definition) is 1. The van der Waals surface area contributed by atoms with Gasteiger partial charge in [-0.25, -0.2) is 0 Å². The topological polar surface area (TPSA) is 44.5 Å². The van der Waals surface area contributed by atoms with Gasteiger partial charge in [0.05, 0.1) is 17.7 Å². The van der Waals surface area contributed by atoms with E-state index in [1.54, 1.807) is 7.11 Å². The van der Waals surface area contributed by atoms with Gasteiger partial charge in [-0.3, -0.25) is 0 Å². The standard InChI is InChI=1S/C16H24BrNO2/c1-10-4-11(2)6-13(5-10)20-16-14(17)7-12(9-18)8-15(16)19-3/h7-8,10-11,13H,4-6,9,18H2,1-3H3. The van der Waals surface area contributed by atoms with Crippen molar-refractivity contribution in [1.82, 2.24) is 0 Å². The summed E-state index contributed by atoms with van der Waals surface area (Å²) in [6.07, 6.45) is 3.78. The van der Waals surface area contributed by atoms with Crippen molar-refractivity contribution in [2.24, 2.45) is 17.6 Å². The van der Waals surface area contributed by atoms with Gasteiger partial charge in [-0.15, -0.1) is 0 Å². The summed E-state index contributed by atoms with van der Waals surface area (Å²) in [5, 5.41) is 0. The fraction of sp³-hybridized carbons (Fsp3) is 0.625. The molecule has 0 spiro atoms. The fourth-order valence-electron chi connectivity index (χ4n) is 3.14. The summed E-state index contributed by atoms with van der Waals surface area (Å²) < 4.78 is 12.6. The third-order valence-electron chi connectivity index (χ3n) is 3.94. The Kier molecular flexibility index (Phi) is 5.33. The Morgan fingerprint density at radius 2 is 1.85 bits per heavy atom. The Morgan fingerprint density at radius 3 is 2.40 bits per heavy atom. The summed E-state index contributed by atoms with van der Waals surface area (Å²) in [4.78, 5) is 0. The average molecular weight is 342 g/mol. The van der Waals surface area contributed by atoms with Gasteiger partial charge < -0.3 is 15.2 Å². The highest BCUT2D eigenvalue weighted by Gasteiger charge is 2.26. The van der Waals surface area contributed by atoms with Crippen molar-refractivity contribution < 1.29 is 9.47 Å². The summed E-state index contributed by atoms with van der Waals surface area (Å²) >= 11 is 3.58. The second-order valence-electron chi connectivity index (χ2n) is 5.97. The number of nitrogens with two attached hydrogens (primary N) is 1. The Balaban J connectivity index is 2.20. The van der Waals surface area contributed by atoms with Gasteiger partial charge in [0, 0.05) is 6.54 Å². The molecular formula is C16H24BrNO2. The van der Waals surface area contributed by atoms with Crippen LogP contribution in [0.5, 0.6) is 11.5 Å². The molecule has 1 saturated carbocycles. The van der Waals surface area contributed by atoms with Crippen LogP contribution >= 0.6 is 15.9 Å². The molecule has 1 fully saturated rings. The van der Waals surface area contributed by atoms with Gasteiger partial charge in [-0.2, -0.15) is 0 Å². The van der Waals surface area contributed by atoms with E-state index in [9.17, 15) is 0 Å². The molecule has 0 radical (unpaired) electrons. The van der Waals surface area contributed by atoms with E-state index in [4.69, 9.17) is 15.2 Å². The molecule has 3 nitrogen and oxygen atoms in total. The zero-order valence-electron chi connectivity index (χ0n) is 12.5. The molecule has 0 saturated heterocycles. The summed E-state index contributed by atoms with van der Waals surface area (Å²) in [5.41, 5.74) is 6.73. The lowest BCUT2D eigenvalue weighted by Crippen LogP contribution is -2.28. The lowest BCUT2D eigenvalue weighted by Gasteiger charge is -2.32. The van der Waals surface area contributed by atoms with Crippen molar-refractivity contribution >= 4 is 15.9 Å². The molecule has 0 aliphatic heterocycles. The lowest BCUT2D eigenvalue weighted by molar-refractivity contribution is 0.0972. The van der Waals surface area contributed by atoms with Gasteiger partial charge >= 0.3 is 0 Å². The van der Waals surface area contributed by atoms with Crippen molar-refractivity contribution in [2.75, 3.05) is 7.11 Å². The number of rotatable bonds is 4. The lowest BCUT2D eigenvalue weighted by atomic mass is 9.82. The second-order valence-corrected chi connectivity index (χ2v) is 6.82. The van der Waals surface area contributed by atoms with E-state index in [-0.39, 0.29) is 6.10 Å². The van der Waals surface area contributed by atoms with Crippen LogP contribution in [0.3, 0.4) is 0 Å². The maximum atomic E-state index is 6.24. The maximum Gasteiger partial charge on any atom is 0.175 e. The Morgan fingerprint density at radius 1 is 1.20 bits per heavy atom. The van der Waals surface area contributed by atoms with Crippen LogP contribution in [0.4, 0.5) is 0 Å². The zero-order chi connectivity index (χ0) is 14.7. The van der Waals surface area contributed by atoms with E-state index in [2.05, 4.69) is 29.8 Å². The quantitative estimate of drug-likeness (QED) is 0.895. The van der Waals surface area contributed by atoms with Gasteiger partial charge in [0.2, 0.25) is 0 Å². The van der Waals surface area contributed by atoms with Gasteiger partial charge in [0.1, 0.15) is 0 Å². The number of ether oxygens (including phenoxy) is 2. The molecule has 0 aromatic heterocycles. The van der Waals surface area contributed by atoms with Gasteiger partial charge in [-0.1, -0.05) is 13.8 Å². The van der Waals surface area contributed by atoms with E-state index in [0.717, 1.165) is 46.2 Å². The maximum absolute atomic E-state index is 6.24. The van der Waals surface area contributed by atoms with Crippen molar-refractivity contribution in [3.8, 4) is 11.5 Å². The first-order chi connectivity index (χ1) is 9.53. The first-order valence-corrected chi connectivity index (χ1v) is 8.05. The molecule has 4 heteroatoms. The Bertz CT molecular complexity index is 454. The first-order valence-electron chi connectivity index (χ1n) is 7.26. The highest BCUT2D eigenvalue weighted by atomic mass is 79.9. The molecule has 1 aliphatic rings. The van der Waals surface area contributed by atoms with E-state index < -0.39 is 0 Å². The minimum atomic E-state index is 0.266. The normalized spacial score (nSPS) is 26.4. The molecule has 2 rings (SSSR count). The molecule has 2 atom stereocenters. The van der Waals surface area contributed by atoms with Gasteiger partial charge in [0.15, 0.2) is 11.5 Å². The van der Waals surface area contributed by atoms with Crippen molar-refractivity contribution in [2.45, 2.75) is 45.8 Å². The van der Waals surface area contributed by atoms with Crippen LogP contribution in [0.15, 0.2) is 16.6 Å². The molecule has 1 aromatic carbocycles. The third kappa shape index (κ3) is 3.67. The number of halogens is 1. The number of hydrogen-bond acceptors (Lipinski definition) is 3. The van der Waals surface area contributed by atoms with Crippen LogP contribution in [-0.2, 0) is 6.54 Å². The zero-order valence-corrected chi connectivity index (χ0v) is 14.1. The van der Waals surface area contributed by atoms with Gasteiger partial charge in [0.25, 0.3) is 0 Å². The largest absolute Gasteiger partial charge is 0.493 e. The summed E-state index contributed by atoms with van der Waals surface area (Å²) in [6.45, 7) is 5.10. The highest BCUT2D eigenvalue weighted by molar-refractivity contribution is 9.10. The van der Waals surface area contributed by atoms with Crippen molar-refractivity contribution in [3.05, 3.63) is 22.2 Å². The van der Waals surface area contributed by atoms with Crippen LogP contribution in [0.2, 0.25) is 0 Å². The minimum absolute atomic E-state index is 0.266. The molecule has 1 aromatic rings. The second kappa shape index (κ2) is 6.81. The van der Waals surface area contributed by atoms with E-state index >= 15 is 0 Å². The van der Waals surface area contributed by atoms with Crippen LogP contribution in [0.25, 0.3) is 0 Å². The van der Waals surface area contributed by atoms with Crippen molar-refractivity contribution in [1.29, 1.82) is 0 Å². The average Bonchev–Trinajstić information content (AvgIpc) is 2.39. The molecule has 20 heavy (non-hydrogen) atoms. The number of benzene rings is 1. The Hall–Kier alpha value is -0.740. The van der Waals surface area contributed by atoms with E-state index in [1.165, 1.54) is 6.42 Å². The fourth-order valence-corrected chi connectivity index (χ4v) is 3.72. The van der Waals surface area contributed by atoms with Gasteiger partial charge in [-0.05, 0) is 64.7 Å². The molecular weight excluding hydrogens is 318 g/mol. The first kappa shape index (κ1) is 15.6. The molecule has 1 aliphatic carbocycles. The third-order valence-corrected chi connectivity index (χ3v) is 4.53. The van der Waals surface area contributed by atoms with Crippen LogP contribution in [0, 0.1) is 11.8 Å². The molecule has 2 unspecified atom stereocenters. The SMILES string of the molecule is COc1cc(CN)cc(Br)c1OC1CC(C)CC(C)C1. The molecule has 0 bridgehead atoms. The van der Waals surface area contributed by atoms with Crippen LogP contribution in [-0.4, -0.2) is 13.2 Å². The van der Waals surface area contributed by atoms with Crippen molar-refractivity contribution in [3.63, 3.8) is 0 Å². The predicted molar refractivity (Wildman–Crippen MR) is 85.2 cm³/mol. The highest BCUT2D eigenvalue weighted by Crippen LogP contribution is 2.40. The molecule has 2 N–H and O–H groups in total. The minimum Gasteiger partial charge on any atom is -0.493 e. The van der Waals surface area contributed by atoms with E-state index in [0.29, 0.717) is 6.54 Å².